The quantitative estimate of drug-likeness (QED) is 0.848. The van der Waals surface area contributed by atoms with E-state index in [9.17, 15) is 9.59 Å². The highest BCUT2D eigenvalue weighted by atomic mass is 16.6. The SMILES string of the molecule is CC(=O)c1ncccc1CCNC(=O)OC(C)(C)C. The van der Waals surface area contributed by atoms with Crippen LogP contribution in [0.15, 0.2) is 18.3 Å². The highest BCUT2D eigenvalue weighted by molar-refractivity contribution is 5.93. The number of carbonyl (C=O) groups is 2. The third-order valence-corrected chi connectivity index (χ3v) is 2.29. The molecule has 1 heterocycles. The summed E-state index contributed by atoms with van der Waals surface area (Å²) in [6.07, 6.45) is 1.67. The molecule has 19 heavy (non-hydrogen) atoms. The molecule has 1 aromatic rings. The Morgan fingerprint density at radius 2 is 2.05 bits per heavy atom. The van der Waals surface area contributed by atoms with Crippen LogP contribution in [0, 0.1) is 0 Å². The fourth-order valence-electron chi connectivity index (χ4n) is 1.57. The summed E-state index contributed by atoms with van der Waals surface area (Å²) in [6.45, 7) is 7.30. The minimum atomic E-state index is -0.511. The Kier molecular flexibility index (Phi) is 5.03. The van der Waals surface area contributed by atoms with Crippen molar-refractivity contribution in [3.63, 3.8) is 0 Å². The largest absolute Gasteiger partial charge is 0.444 e. The van der Waals surface area contributed by atoms with E-state index in [4.69, 9.17) is 4.74 Å². The predicted molar refractivity (Wildman–Crippen MR) is 72.2 cm³/mol. The fraction of sp³-hybridized carbons (Fsp3) is 0.500. The Morgan fingerprint density at radius 1 is 1.37 bits per heavy atom. The molecule has 0 saturated carbocycles. The van der Waals surface area contributed by atoms with Gasteiger partial charge in [-0.3, -0.25) is 9.78 Å². The van der Waals surface area contributed by atoms with E-state index >= 15 is 0 Å². The second-order valence-electron chi connectivity index (χ2n) is 5.25. The predicted octanol–water partition coefficient (Wildman–Crippen LogP) is 2.35. The summed E-state index contributed by atoms with van der Waals surface area (Å²) in [5, 5.41) is 2.65. The van der Waals surface area contributed by atoms with Gasteiger partial charge in [0.15, 0.2) is 5.78 Å². The maximum absolute atomic E-state index is 11.5. The number of ketones is 1. The molecule has 5 nitrogen and oxygen atoms in total. The molecule has 0 fully saturated rings. The van der Waals surface area contributed by atoms with Gasteiger partial charge in [0.1, 0.15) is 11.3 Å². The highest BCUT2D eigenvalue weighted by Gasteiger charge is 2.15. The molecule has 0 unspecified atom stereocenters. The van der Waals surface area contributed by atoms with Crippen molar-refractivity contribution >= 4 is 11.9 Å². The number of hydrogen-bond donors (Lipinski definition) is 1. The molecular weight excluding hydrogens is 244 g/mol. The molecule has 0 saturated heterocycles. The van der Waals surface area contributed by atoms with Gasteiger partial charge >= 0.3 is 6.09 Å². The van der Waals surface area contributed by atoms with Gasteiger partial charge in [-0.05, 0) is 38.8 Å². The number of amides is 1. The molecule has 104 valence electrons. The number of carbonyl (C=O) groups excluding carboxylic acids is 2. The monoisotopic (exact) mass is 264 g/mol. The van der Waals surface area contributed by atoms with Gasteiger partial charge < -0.3 is 10.1 Å². The summed E-state index contributed by atoms with van der Waals surface area (Å²) in [6, 6.07) is 3.61. The fourth-order valence-corrected chi connectivity index (χ4v) is 1.57. The zero-order chi connectivity index (χ0) is 14.5. The Bertz CT molecular complexity index is 464. The van der Waals surface area contributed by atoms with Crippen molar-refractivity contribution < 1.29 is 14.3 Å². The van der Waals surface area contributed by atoms with E-state index in [-0.39, 0.29) is 5.78 Å². The molecule has 1 rings (SSSR count). The lowest BCUT2D eigenvalue weighted by Crippen LogP contribution is -2.33. The van der Waals surface area contributed by atoms with Crippen LogP contribution in [0.25, 0.3) is 0 Å². The van der Waals surface area contributed by atoms with Gasteiger partial charge in [-0.1, -0.05) is 6.07 Å². The van der Waals surface area contributed by atoms with E-state index in [2.05, 4.69) is 10.3 Å². The van der Waals surface area contributed by atoms with Crippen LogP contribution in [0.1, 0.15) is 43.7 Å². The van der Waals surface area contributed by atoms with Crippen molar-refractivity contribution in [2.45, 2.75) is 39.7 Å². The number of alkyl carbamates (subject to hydrolysis) is 1. The minimum absolute atomic E-state index is 0.0760. The first kappa shape index (κ1) is 15.1. The Balaban J connectivity index is 2.50. The van der Waals surface area contributed by atoms with Crippen molar-refractivity contribution in [1.29, 1.82) is 0 Å². The second kappa shape index (κ2) is 6.31. The van der Waals surface area contributed by atoms with Crippen LogP contribution in [-0.2, 0) is 11.2 Å². The number of nitrogens with one attached hydrogen (secondary N) is 1. The number of rotatable bonds is 4. The van der Waals surface area contributed by atoms with E-state index in [0.717, 1.165) is 5.56 Å². The molecule has 0 radical (unpaired) electrons. The number of hydrogen-bond acceptors (Lipinski definition) is 4. The summed E-state index contributed by atoms with van der Waals surface area (Å²) in [5.41, 5.74) is 0.766. The van der Waals surface area contributed by atoms with Crippen LogP contribution in [0.4, 0.5) is 4.79 Å². The Labute approximate surface area is 113 Å². The highest BCUT2D eigenvalue weighted by Crippen LogP contribution is 2.08. The molecule has 1 aromatic heterocycles. The van der Waals surface area contributed by atoms with Crippen LogP contribution >= 0.6 is 0 Å². The maximum atomic E-state index is 11.5. The first-order valence-corrected chi connectivity index (χ1v) is 6.21. The van der Waals surface area contributed by atoms with E-state index in [1.54, 1.807) is 12.3 Å². The minimum Gasteiger partial charge on any atom is -0.444 e. The zero-order valence-corrected chi connectivity index (χ0v) is 11.8. The van der Waals surface area contributed by atoms with Crippen molar-refractivity contribution in [3.05, 3.63) is 29.6 Å². The van der Waals surface area contributed by atoms with Gasteiger partial charge in [0.2, 0.25) is 0 Å². The molecule has 0 spiro atoms. The molecule has 0 aliphatic carbocycles. The first-order chi connectivity index (χ1) is 8.79. The third-order valence-electron chi connectivity index (χ3n) is 2.29. The lowest BCUT2D eigenvalue weighted by atomic mass is 10.1. The zero-order valence-electron chi connectivity index (χ0n) is 11.8. The number of ether oxygens (including phenoxy) is 1. The van der Waals surface area contributed by atoms with Crippen LogP contribution in [0.3, 0.4) is 0 Å². The van der Waals surface area contributed by atoms with Gasteiger partial charge in [-0.15, -0.1) is 0 Å². The van der Waals surface area contributed by atoms with Crippen molar-refractivity contribution in [1.82, 2.24) is 10.3 Å². The smallest absolute Gasteiger partial charge is 0.407 e. The van der Waals surface area contributed by atoms with Crippen molar-refractivity contribution in [3.8, 4) is 0 Å². The Hall–Kier alpha value is -1.91. The van der Waals surface area contributed by atoms with Gasteiger partial charge in [0.05, 0.1) is 0 Å². The lowest BCUT2D eigenvalue weighted by Gasteiger charge is -2.19. The first-order valence-electron chi connectivity index (χ1n) is 6.21. The van der Waals surface area contributed by atoms with Crippen LogP contribution in [-0.4, -0.2) is 29.0 Å². The maximum Gasteiger partial charge on any atom is 0.407 e. The molecule has 0 aliphatic heterocycles. The normalized spacial score (nSPS) is 10.9. The summed E-state index contributed by atoms with van der Waals surface area (Å²) < 4.78 is 5.12. The summed E-state index contributed by atoms with van der Waals surface area (Å²) in [5.74, 6) is -0.0760. The molecule has 5 heteroatoms. The average Bonchev–Trinajstić information content (AvgIpc) is 2.27. The summed E-state index contributed by atoms with van der Waals surface area (Å²) >= 11 is 0. The molecule has 1 N–H and O–H groups in total. The van der Waals surface area contributed by atoms with E-state index in [1.165, 1.54) is 6.92 Å². The third kappa shape index (κ3) is 5.50. The van der Waals surface area contributed by atoms with E-state index in [0.29, 0.717) is 18.7 Å². The topological polar surface area (TPSA) is 68.3 Å². The van der Waals surface area contributed by atoms with Crippen LogP contribution in [0.2, 0.25) is 0 Å². The lowest BCUT2D eigenvalue weighted by molar-refractivity contribution is 0.0528. The van der Waals surface area contributed by atoms with Crippen LogP contribution < -0.4 is 5.32 Å². The van der Waals surface area contributed by atoms with Crippen molar-refractivity contribution in [2.24, 2.45) is 0 Å². The van der Waals surface area contributed by atoms with Crippen LogP contribution in [0.5, 0.6) is 0 Å². The van der Waals surface area contributed by atoms with Gasteiger partial charge in [-0.2, -0.15) is 0 Å². The van der Waals surface area contributed by atoms with E-state index in [1.807, 2.05) is 26.8 Å². The number of aromatic nitrogens is 1. The molecule has 0 bridgehead atoms. The number of Topliss-reactive ketones (excluding diaryl/α,β-unsaturated/α-hetero) is 1. The number of nitrogens with zero attached hydrogens (tertiary/aromatic N) is 1. The molecule has 0 aromatic carbocycles. The molecular formula is C14H20N2O3. The molecule has 1 amide bonds. The molecule has 0 atom stereocenters. The average molecular weight is 264 g/mol. The van der Waals surface area contributed by atoms with Gasteiger partial charge in [0.25, 0.3) is 0 Å². The number of pyridine rings is 1. The second-order valence-corrected chi connectivity index (χ2v) is 5.25. The van der Waals surface area contributed by atoms with E-state index < -0.39 is 11.7 Å². The summed E-state index contributed by atoms with van der Waals surface area (Å²) in [4.78, 5) is 26.9. The van der Waals surface area contributed by atoms with Gasteiger partial charge in [0, 0.05) is 19.7 Å². The van der Waals surface area contributed by atoms with Crippen molar-refractivity contribution in [2.75, 3.05) is 6.54 Å². The summed E-state index contributed by atoms with van der Waals surface area (Å²) in [7, 11) is 0. The van der Waals surface area contributed by atoms with Gasteiger partial charge in [-0.25, -0.2) is 4.79 Å². The Morgan fingerprint density at radius 3 is 2.63 bits per heavy atom. The molecule has 0 aliphatic rings. The standard InChI is InChI=1S/C14H20N2O3/c1-10(17)12-11(6-5-8-15-12)7-9-16-13(18)19-14(2,3)4/h5-6,8H,7,9H2,1-4H3,(H,16,18).